The van der Waals surface area contributed by atoms with Crippen LogP contribution >= 0.6 is 0 Å². The van der Waals surface area contributed by atoms with Gasteiger partial charge in [0, 0.05) is 29.7 Å². The first-order chi connectivity index (χ1) is 10.1. The van der Waals surface area contributed by atoms with Gasteiger partial charge in [0.15, 0.2) is 0 Å². The van der Waals surface area contributed by atoms with Crippen molar-refractivity contribution >= 4 is 28.3 Å². The number of nitrogens with zero attached hydrogens (tertiary/aromatic N) is 2. The molecule has 6 nitrogen and oxygen atoms in total. The fourth-order valence-corrected chi connectivity index (χ4v) is 2.43. The van der Waals surface area contributed by atoms with Crippen LogP contribution in [0.3, 0.4) is 0 Å². The zero-order valence-corrected chi connectivity index (χ0v) is 11.9. The zero-order valence-electron chi connectivity index (χ0n) is 11.9. The number of aryl methyl sites for hydroxylation is 1. The number of aromatic amines is 1. The van der Waals surface area contributed by atoms with Crippen molar-refractivity contribution in [3.63, 3.8) is 0 Å². The molecule has 6 N–H and O–H groups in total. The molecule has 6 heteroatoms. The topological polar surface area (TPSA) is 105 Å². The first kappa shape index (κ1) is 13.1. The van der Waals surface area contributed by atoms with Gasteiger partial charge in [-0.25, -0.2) is 9.97 Å². The summed E-state index contributed by atoms with van der Waals surface area (Å²) in [5, 5.41) is 10.4. The third-order valence-corrected chi connectivity index (χ3v) is 3.58. The fourth-order valence-electron chi connectivity index (χ4n) is 2.43. The number of hydrogen-bond acceptors (Lipinski definition) is 4. The minimum absolute atomic E-state index is 0.359. The maximum atomic E-state index is 6.31. The van der Waals surface area contributed by atoms with Crippen molar-refractivity contribution in [2.75, 3.05) is 18.1 Å². The second kappa shape index (κ2) is 4.90. The van der Waals surface area contributed by atoms with Gasteiger partial charge in [-0.05, 0) is 30.7 Å². The van der Waals surface area contributed by atoms with Crippen LogP contribution in [-0.4, -0.2) is 27.7 Å². The van der Waals surface area contributed by atoms with Crippen LogP contribution in [0.5, 0.6) is 0 Å². The number of benzene rings is 1. The lowest BCUT2D eigenvalue weighted by atomic mass is 10.0. The maximum absolute atomic E-state index is 6.31. The third-order valence-electron chi connectivity index (χ3n) is 3.58. The molecular formula is C15H17N6+. The lowest BCUT2D eigenvalue weighted by Gasteiger charge is -2.08. The van der Waals surface area contributed by atoms with Crippen LogP contribution in [0.1, 0.15) is 16.7 Å². The zero-order chi connectivity index (χ0) is 15.0. The Labute approximate surface area is 121 Å². The normalized spacial score (nSPS) is 10.8. The quantitative estimate of drug-likeness (QED) is 0.524. The Morgan fingerprint density at radius 3 is 2.90 bits per heavy atom. The molecule has 0 saturated heterocycles. The molecule has 0 atom stereocenters. The van der Waals surface area contributed by atoms with E-state index < -0.39 is 0 Å². The molecule has 0 fully saturated rings. The predicted octanol–water partition coefficient (Wildman–Crippen LogP) is 0.487. The van der Waals surface area contributed by atoms with E-state index in [2.05, 4.69) is 27.2 Å². The van der Waals surface area contributed by atoms with Gasteiger partial charge in [0.05, 0.1) is 0 Å². The number of nitrogens with one attached hydrogen (secondary N) is 2. The molecular weight excluding hydrogens is 264 g/mol. The fraction of sp³-hybridized carbons (Fsp3) is 0.133. The Kier molecular flexibility index (Phi) is 3.06. The monoisotopic (exact) mass is 281 g/mol. The number of H-pyrrole nitrogens is 1. The van der Waals surface area contributed by atoms with Crippen LogP contribution in [0, 0.1) is 6.92 Å². The molecule has 0 unspecified atom stereocenters. The number of fused-ring (bicyclic) bond motifs is 1. The van der Waals surface area contributed by atoms with Crippen molar-refractivity contribution < 1.29 is 5.41 Å². The van der Waals surface area contributed by atoms with Gasteiger partial charge in [-0.2, -0.15) is 0 Å². The van der Waals surface area contributed by atoms with Gasteiger partial charge < -0.3 is 16.0 Å². The Morgan fingerprint density at radius 1 is 1.33 bits per heavy atom. The van der Waals surface area contributed by atoms with E-state index in [0.29, 0.717) is 22.9 Å². The summed E-state index contributed by atoms with van der Waals surface area (Å²) in [6.07, 6.45) is 3.39. The van der Waals surface area contributed by atoms with E-state index >= 15 is 0 Å². The van der Waals surface area contributed by atoms with Crippen molar-refractivity contribution in [3.8, 4) is 0 Å². The molecule has 0 aliphatic carbocycles. The number of hydrogen-bond donors (Lipinski definition) is 4. The summed E-state index contributed by atoms with van der Waals surface area (Å²) >= 11 is 0. The van der Waals surface area contributed by atoms with Crippen LogP contribution in [0.4, 0.5) is 11.6 Å². The standard InChI is InChI=1S/C15H16N6/c1-8-6-19-11-4-3-9(5-10(8)11)13(16)12-14(17)20-7-21-15(12)18-2/h3-7,16,19H,1-2H3,(H3,17,18,20,21)/p+1. The minimum atomic E-state index is 0.359. The van der Waals surface area contributed by atoms with Crippen LogP contribution in [-0.2, 0) is 0 Å². The van der Waals surface area contributed by atoms with Gasteiger partial charge in [0.2, 0.25) is 5.71 Å². The van der Waals surface area contributed by atoms with E-state index in [1.807, 2.05) is 24.4 Å². The molecule has 0 aliphatic rings. The van der Waals surface area contributed by atoms with Crippen molar-refractivity contribution in [1.82, 2.24) is 15.0 Å². The molecule has 0 spiro atoms. The van der Waals surface area contributed by atoms with Crippen LogP contribution in [0.25, 0.3) is 10.9 Å². The summed E-state index contributed by atoms with van der Waals surface area (Å²) in [7, 11) is 1.78. The number of rotatable bonds is 3. The number of aromatic nitrogens is 3. The van der Waals surface area contributed by atoms with E-state index in [1.165, 1.54) is 11.9 Å². The highest BCUT2D eigenvalue weighted by atomic mass is 15.0. The number of nitrogen functional groups attached to an aromatic ring is 1. The average Bonchev–Trinajstić information content (AvgIpc) is 2.87. The predicted molar refractivity (Wildman–Crippen MR) is 84.2 cm³/mol. The molecule has 0 saturated carbocycles. The highest BCUT2D eigenvalue weighted by molar-refractivity contribution is 6.15. The van der Waals surface area contributed by atoms with Gasteiger partial charge in [0.25, 0.3) is 0 Å². The van der Waals surface area contributed by atoms with E-state index in [4.69, 9.17) is 11.1 Å². The summed E-state index contributed by atoms with van der Waals surface area (Å²) in [6.45, 7) is 2.05. The SMILES string of the molecule is CNc1ncnc(N)c1C(=[NH2+])c1ccc2[nH]cc(C)c2c1. The largest absolute Gasteiger partial charge is 0.383 e. The molecule has 0 aliphatic heterocycles. The molecule has 0 amide bonds. The van der Waals surface area contributed by atoms with Gasteiger partial charge in [-0.1, -0.05) is 0 Å². The first-order valence-corrected chi connectivity index (χ1v) is 6.61. The Morgan fingerprint density at radius 2 is 2.14 bits per heavy atom. The van der Waals surface area contributed by atoms with Crippen molar-refractivity contribution in [2.45, 2.75) is 6.92 Å². The number of nitrogens with two attached hydrogens (primary N) is 2. The third kappa shape index (κ3) is 2.10. The van der Waals surface area contributed by atoms with Gasteiger partial charge >= 0.3 is 0 Å². The summed E-state index contributed by atoms with van der Waals surface area (Å²) in [5.41, 5.74) is 10.3. The van der Waals surface area contributed by atoms with E-state index in [1.54, 1.807) is 7.05 Å². The molecule has 2 heterocycles. The Bertz CT molecular complexity index is 833. The highest BCUT2D eigenvalue weighted by Gasteiger charge is 2.20. The summed E-state index contributed by atoms with van der Waals surface area (Å²) in [6, 6.07) is 6.01. The minimum Gasteiger partial charge on any atom is -0.383 e. The van der Waals surface area contributed by atoms with Crippen LogP contribution < -0.4 is 16.5 Å². The molecule has 2 aromatic heterocycles. The molecule has 21 heavy (non-hydrogen) atoms. The molecule has 3 rings (SSSR count). The Balaban J connectivity index is 2.14. The molecule has 0 radical (unpaired) electrons. The van der Waals surface area contributed by atoms with Gasteiger partial charge in [-0.3, -0.25) is 5.41 Å². The van der Waals surface area contributed by atoms with Crippen LogP contribution in [0.15, 0.2) is 30.7 Å². The molecule has 0 bridgehead atoms. The lowest BCUT2D eigenvalue weighted by molar-refractivity contribution is -0.111. The smallest absolute Gasteiger partial charge is 0.218 e. The first-order valence-electron chi connectivity index (χ1n) is 6.61. The van der Waals surface area contributed by atoms with Crippen molar-refractivity contribution in [1.29, 1.82) is 0 Å². The lowest BCUT2D eigenvalue weighted by Crippen LogP contribution is -2.42. The Hall–Kier alpha value is -2.89. The van der Waals surface area contributed by atoms with Gasteiger partial charge in [0.1, 0.15) is 23.5 Å². The molecule has 3 aromatic rings. The second-order valence-corrected chi connectivity index (χ2v) is 4.88. The maximum Gasteiger partial charge on any atom is 0.218 e. The molecule has 1 aromatic carbocycles. The van der Waals surface area contributed by atoms with E-state index in [9.17, 15) is 0 Å². The van der Waals surface area contributed by atoms with Crippen molar-refractivity contribution in [2.24, 2.45) is 0 Å². The summed E-state index contributed by atoms with van der Waals surface area (Å²) < 4.78 is 0. The average molecular weight is 281 g/mol. The second-order valence-electron chi connectivity index (χ2n) is 4.88. The molecule has 106 valence electrons. The summed E-state index contributed by atoms with van der Waals surface area (Å²) in [5.74, 6) is 0.976. The van der Waals surface area contributed by atoms with Gasteiger partial charge in [-0.15, -0.1) is 0 Å². The van der Waals surface area contributed by atoms with E-state index in [0.717, 1.165) is 16.5 Å². The van der Waals surface area contributed by atoms with Crippen molar-refractivity contribution in [3.05, 3.63) is 47.4 Å². The highest BCUT2D eigenvalue weighted by Crippen LogP contribution is 2.23. The summed E-state index contributed by atoms with van der Waals surface area (Å²) in [4.78, 5) is 11.4. The van der Waals surface area contributed by atoms with E-state index in [-0.39, 0.29) is 0 Å². The van der Waals surface area contributed by atoms with Crippen LogP contribution in [0.2, 0.25) is 0 Å². The number of anilines is 2.